The van der Waals surface area contributed by atoms with Crippen LogP contribution in [0.15, 0.2) is 18.5 Å². The number of amides is 1. The van der Waals surface area contributed by atoms with Crippen molar-refractivity contribution in [1.29, 1.82) is 0 Å². The molecule has 7 heteroatoms. The van der Waals surface area contributed by atoms with Gasteiger partial charge in [0.2, 0.25) is 11.9 Å². The molecule has 0 atom stereocenters. The van der Waals surface area contributed by atoms with Crippen LogP contribution in [0.2, 0.25) is 0 Å². The van der Waals surface area contributed by atoms with E-state index in [4.69, 9.17) is 4.74 Å². The highest BCUT2D eigenvalue weighted by molar-refractivity contribution is 5.77. The van der Waals surface area contributed by atoms with Crippen LogP contribution >= 0.6 is 0 Å². The van der Waals surface area contributed by atoms with Gasteiger partial charge in [-0.1, -0.05) is 19.3 Å². The number of nitrogens with zero attached hydrogens (tertiary/aromatic N) is 4. The fourth-order valence-corrected chi connectivity index (χ4v) is 3.63. The summed E-state index contributed by atoms with van der Waals surface area (Å²) < 4.78 is 5.71. The van der Waals surface area contributed by atoms with E-state index in [0.29, 0.717) is 6.10 Å². The number of anilines is 1. The summed E-state index contributed by atoms with van der Waals surface area (Å²) >= 11 is 0. The molecule has 0 bridgehead atoms. The van der Waals surface area contributed by atoms with Crippen LogP contribution in [0.5, 0.6) is 0 Å². The highest BCUT2D eigenvalue weighted by atomic mass is 16.5. The van der Waals surface area contributed by atoms with E-state index in [9.17, 15) is 4.79 Å². The Balaban J connectivity index is 1.22. The average Bonchev–Trinajstić information content (AvgIpc) is 2.71. The minimum atomic E-state index is 0.0154. The lowest BCUT2D eigenvalue weighted by Crippen LogP contribution is -2.47. The standard InChI is InChI=1S/C19H31N5O2/c25-18(16-26-17-6-2-1-3-7-17)20-10-5-11-23-12-14-24(15-13-23)19-21-8-4-9-22-19/h4,8-9,17H,1-3,5-7,10-16H2,(H,20,25). The number of carbonyl (C=O) groups excluding carboxylic acids is 1. The molecule has 2 heterocycles. The highest BCUT2D eigenvalue weighted by Gasteiger charge is 2.18. The van der Waals surface area contributed by atoms with Gasteiger partial charge in [0, 0.05) is 45.1 Å². The first-order valence-corrected chi connectivity index (χ1v) is 9.94. The molecule has 0 unspecified atom stereocenters. The van der Waals surface area contributed by atoms with Crippen LogP contribution in [0.25, 0.3) is 0 Å². The highest BCUT2D eigenvalue weighted by Crippen LogP contribution is 2.19. The maximum atomic E-state index is 11.9. The van der Waals surface area contributed by atoms with Crippen molar-refractivity contribution < 1.29 is 9.53 Å². The molecule has 1 aromatic rings. The zero-order valence-electron chi connectivity index (χ0n) is 15.6. The first-order chi connectivity index (χ1) is 12.8. The van der Waals surface area contributed by atoms with Gasteiger partial charge in [0.05, 0.1) is 6.10 Å². The number of nitrogens with one attached hydrogen (secondary N) is 1. The van der Waals surface area contributed by atoms with Gasteiger partial charge in [-0.3, -0.25) is 9.69 Å². The average molecular weight is 361 g/mol. The second-order valence-electron chi connectivity index (χ2n) is 7.15. The first-order valence-electron chi connectivity index (χ1n) is 9.94. The van der Waals surface area contributed by atoms with E-state index in [1.807, 2.05) is 6.07 Å². The van der Waals surface area contributed by atoms with Crippen molar-refractivity contribution in [1.82, 2.24) is 20.2 Å². The zero-order valence-corrected chi connectivity index (χ0v) is 15.6. The molecule has 0 spiro atoms. The minimum Gasteiger partial charge on any atom is -0.368 e. The zero-order chi connectivity index (χ0) is 18.0. The first kappa shape index (κ1) is 19.0. The van der Waals surface area contributed by atoms with Gasteiger partial charge in [0.15, 0.2) is 0 Å². The molecule has 1 amide bonds. The third-order valence-corrected chi connectivity index (χ3v) is 5.18. The molecule has 0 aromatic carbocycles. The van der Waals surface area contributed by atoms with Crippen LogP contribution in [-0.4, -0.2) is 72.8 Å². The SMILES string of the molecule is O=C(COC1CCCCC1)NCCCN1CCN(c2ncccn2)CC1. The van der Waals surface area contributed by atoms with Crippen LogP contribution < -0.4 is 10.2 Å². The quantitative estimate of drug-likeness (QED) is 0.707. The molecule has 1 saturated carbocycles. The van der Waals surface area contributed by atoms with E-state index in [0.717, 1.165) is 64.5 Å². The number of piperazine rings is 1. The maximum Gasteiger partial charge on any atom is 0.246 e. The molecule has 144 valence electrons. The fraction of sp³-hybridized carbons (Fsp3) is 0.737. The number of hydrogen-bond donors (Lipinski definition) is 1. The van der Waals surface area contributed by atoms with Gasteiger partial charge in [-0.15, -0.1) is 0 Å². The van der Waals surface area contributed by atoms with Crippen molar-refractivity contribution in [3.05, 3.63) is 18.5 Å². The number of carbonyl (C=O) groups is 1. The van der Waals surface area contributed by atoms with Crippen LogP contribution in [0.4, 0.5) is 5.95 Å². The number of rotatable bonds is 8. The van der Waals surface area contributed by atoms with Crippen LogP contribution in [0, 0.1) is 0 Å². The lowest BCUT2D eigenvalue weighted by atomic mass is 9.98. The number of hydrogen-bond acceptors (Lipinski definition) is 6. The molecular weight excluding hydrogens is 330 g/mol. The van der Waals surface area contributed by atoms with Crippen LogP contribution in [-0.2, 0) is 9.53 Å². The van der Waals surface area contributed by atoms with Crippen LogP contribution in [0.3, 0.4) is 0 Å². The Hall–Kier alpha value is -1.73. The smallest absolute Gasteiger partial charge is 0.246 e. The molecule has 2 aliphatic rings. The third-order valence-electron chi connectivity index (χ3n) is 5.18. The predicted octanol–water partition coefficient (Wildman–Crippen LogP) is 1.45. The Labute approximate surface area is 156 Å². The van der Waals surface area contributed by atoms with E-state index < -0.39 is 0 Å². The summed E-state index contributed by atoms with van der Waals surface area (Å²) in [6, 6.07) is 1.84. The Morgan fingerprint density at radius 3 is 2.58 bits per heavy atom. The van der Waals surface area contributed by atoms with E-state index in [-0.39, 0.29) is 12.5 Å². The monoisotopic (exact) mass is 361 g/mol. The van der Waals surface area contributed by atoms with Crippen molar-refractivity contribution in [2.24, 2.45) is 0 Å². The molecule has 7 nitrogen and oxygen atoms in total. The van der Waals surface area contributed by atoms with Gasteiger partial charge in [-0.05, 0) is 31.9 Å². The molecule has 1 saturated heterocycles. The lowest BCUT2D eigenvalue weighted by Gasteiger charge is -2.34. The van der Waals surface area contributed by atoms with Gasteiger partial charge in [-0.2, -0.15) is 0 Å². The molecule has 3 rings (SSSR count). The molecule has 2 fully saturated rings. The van der Waals surface area contributed by atoms with Crippen LogP contribution in [0.1, 0.15) is 38.5 Å². The Morgan fingerprint density at radius 2 is 1.85 bits per heavy atom. The van der Waals surface area contributed by atoms with E-state index in [1.54, 1.807) is 12.4 Å². The topological polar surface area (TPSA) is 70.6 Å². The summed E-state index contributed by atoms with van der Waals surface area (Å²) in [5, 5.41) is 2.98. The van der Waals surface area contributed by atoms with Crippen molar-refractivity contribution >= 4 is 11.9 Å². The molecule has 1 aromatic heterocycles. The summed E-state index contributed by atoms with van der Waals surface area (Å²) in [6.45, 7) is 5.85. The summed E-state index contributed by atoms with van der Waals surface area (Å²) in [7, 11) is 0. The van der Waals surface area contributed by atoms with Crippen molar-refractivity contribution in [3.63, 3.8) is 0 Å². The molecule has 26 heavy (non-hydrogen) atoms. The Morgan fingerprint density at radius 1 is 1.12 bits per heavy atom. The lowest BCUT2D eigenvalue weighted by molar-refractivity contribution is -0.128. The normalized spacial score (nSPS) is 19.5. The van der Waals surface area contributed by atoms with E-state index >= 15 is 0 Å². The maximum absolute atomic E-state index is 11.9. The van der Waals surface area contributed by atoms with E-state index in [1.165, 1.54) is 19.3 Å². The molecule has 1 aliphatic heterocycles. The largest absolute Gasteiger partial charge is 0.368 e. The van der Waals surface area contributed by atoms with Gasteiger partial charge in [0.1, 0.15) is 6.61 Å². The molecule has 1 N–H and O–H groups in total. The summed E-state index contributed by atoms with van der Waals surface area (Å²) in [5.74, 6) is 0.832. The van der Waals surface area contributed by atoms with Crippen molar-refractivity contribution in [2.75, 3.05) is 50.8 Å². The Kier molecular flexibility index (Phi) is 7.64. The summed E-state index contributed by atoms with van der Waals surface area (Å²) in [4.78, 5) is 25.1. The van der Waals surface area contributed by atoms with Gasteiger partial charge >= 0.3 is 0 Å². The fourth-order valence-electron chi connectivity index (χ4n) is 3.63. The van der Waals surface area contributed by atoms with Gasteiger partial charge in [-0.25, -0.2) is 9.97 Å². The number of ether oxygens (including phenoxy) is 1. The molecule has 0 radical (unpaired) electrons. The van der Waals surface area contributed by atoms with Crippen molar-refractivity contribution in [2.45, 2.75) is 44.6 Å². The molecule has 1 aliphatic carbocycles. The predicted molar refractivity (Wildman–Crippen MR) is 101 cm³/mol. The third kappa shape index (κ3) is 6.21. The van der Waals surface area contributed by atoms with Gasteiger partial charge in [0.25, 0.3) is 0 Å². The summed E-state index contributed by atoms with van der Waals surface area (Å²) in [5.41, 5.74) is 0. The van der Waals surface area contributed by atoms with Gasteiger partial charge < -0.3 is 15.0 Å². The van der Waals surface area contributed by atoms with E-state index in [2.05, 4.69) is 25.1 Å². The minimum absolute atomic E-state index is 0.0154. The summed E-state index contributed by atoms with van der Waals surface area (Å²) in [6.07, 6.45) is 10.8. The second-order valence-corrected chi connectivity index (χ2v) is 7.15. The molecular formula is C19H31N5O2. The second kappa shape index (κ2) is 10.4. The number of aromatic nitrogens is 2. The Bertz CT molecular complexity index is 528. The van der Waals surface area contributed by atoms with Crippen molar-refractivity contribution in [3.8, 4) is 0 Å².